The molecule has 0 radical (unpaired) electrons. The van der Waals surface area contributed by atoms with Gasteiger partial charge in [-0.3, -0.25) is 4.98 Å². The Morgan fingerprint density at radius 1 is 0.882 bits per heavy atom. The Bertz CT molecular complexity index is 1140. The molecule has 6 nitrogen and oxygen atoms in total. The van der Waals surface area contributed by atoms with Crippen LogP contribution in [-0.2, 0) is 0 Å². The number of ether oxygens (including phenoxy) is 1. The average Bonchev–Trinajstić information content (AvgIpc) is 2.90. The summed E-state index contributed by atoms with van der Waals surface area (Å²) in [5.74, 6) is 1.74. The Labute approximate surface area is 200 Å². The second-order valence-corrected chi connectivity index (χ2v) is 8.72. The lowest BCUT2D eigenvalue weighted by atomic mass is 10.0. The number of hydrogen-bond acceptors (Lipinski definition) is 6. The lowest BCUT2D eigenvalue weighted by Gasteiger charge is -2.39. The summed E-state index contributed by atoms with van der Waals surface area (Å²) in [7, 11) is 0. The number of anilines is 2. The summed E-state index contributed by atoms with van der Waals surface area (Å²) in [6.07, 6.45) is 5.09. The van der Waals surface area contributed by atoms with Crippen molar-refractivity contribution in [1.82, 2.24) is 14.9 Å². The van der Waals surface area contributed by atoms with Crippen LogP contribution in [0, 0.1) is 0 Å². The molecule has 1 unspecified atom stereocenters. The fourth-order valence-electron chi connectivity index (χ4n) is 4.71. The Morgan fingerprint density at radius 3 is 2.47 bits per heavy atom. The molecule has 2 aromatic heterocycles. The topological polar surface area (TPSA) is 61.7 Å². The van der Waals surface area contributed by atoms with Crippen molar-refractivity contribution in [3.63, 3.8) is 0 Å². The molecule has 1 N–H and O–H groups in total. The number of pyridine rings is 2. The van der Waals surface area contributed by atoms with Crippen molar-refractivity contribution < 1.29 is 9.84 Å². The minimum absolute atomic E-state index is 0.262. The van der Waals surface area contributed by atoms with Crippen LogP contribution in [0.4, 0.5) is 11.5 Å². The minimum Gasteiger partial charge on any atom is -0.490 e. The monoisotopic (exact) mass is 454 g/mol. The van der Waals surface area contributed by atoms with Gasteiger partial charge in [-0.25, -0.2) is 4.98 Å². The summed E-state index contributed by atoms with van der Waals surface area (Å²) < 4.78 is 5.96. The molecule has 2 aromatic carbocycles. The molecule has 1 fully saturated rings. The highest BCUT2D eigenvalue weighted by Crippen LogP contribution is 2.30. The zero-order valence-corrected chi connectivity index (χ0v) is 19.2. The standard InChI is InChI=1S/C28H30N4O2/c33-24(21-34-27-12-6-11-26-25(27)10-7-17-29-26)20-31-18-14-23(15-19-31)32(22-8-2-1-3-9-22)28-13-4-5-16-30-28/h1-13,16-17,23-24,33H,14-15,18-21H2. The van der Waals surface area contributed by atoms with Gasteiger partial charge in [0.2, 0.25) is 0 Å². The van der Waals surface area contributed by atoms with E-state index in [1.807, 2.05) is 54.7 Å². The first kappa shape index (κ1) is 22.3. The number of nitrogens with zero attached hydrogens (tertiary/aromatic N) is 4. The van der Waals surface area contributed by atoms with Crippen LogP contribution in [0.2, 0.25) is 0 Å². The summed E-state index contributed by atoms with van der Waals surface area (Å²) in [6.45, 7) is 2.72. The van der Waals surface area contributed by atoms with Crippen molar-refractivity contribution >= 4 is 22.4 Å². The van der Waals surface area contributed by atoms with Gasteiger partial charge in [0.15, 0.2) is 0 Å². The zero-order valence-electron chi connectivity index (χ0n) is 19.2. The normalized spacial score (nSPS) is 15.8. The third-order valence-corrected chi connectivity index (χ3v) is 6.36. The molecule has 1 aliphatic heterocycles. The SMILES string of the molecule is OC(COc1cccc2ncccc12)CN1CCC(N(c2ccccc2)c2ccccn2)CC1. The number of likely N-dealkylation sites (tertiary alicyclic amines) is 1. The average molecular weight is 455 g/mol. The van der Waals surface area contributed by atoms with Crippen molar-refractivity contribution in [3.05, 3.63) is 91.3 Å². The van der Waals surface area contributed by atoms with Crippen LogP contribution in [0.25, 0.3) is 10.9 Å². The number of para-hydroxylation sites is 1. The first-order valence-corrected chi connectivity index (χ1v) is 11.9. The van der Waals surface area contributed by atoms with Crippen molar-refractivity contribution in [2.45, 2.75) is 25.0 Å². The quantitative estimate of drug-likeness (QED) is 0.417. The van der Waals surface area contributed by atoms with Gasteiger partial charge in [-0.15, -0.1) is 0 Å². The van der Waals surface area contributed by atoms with E-state index in [4.69, 9.17) is 4.74 Å². The van der Waals surface area contributed by atoms with Crippen LogP contribution < -0.4 is 9.64 Å². The molecule has 4 aromatic rings. The number of aromatic nitrogens is 2. The van der Waals surface area contributed by atoms with Gasteiger partial charge in [0.05, 0.1) is 5.52 Å². The molecule has 0 bridgehead atoms. The van der Waals surface area contributed by atoms with Gasteiger partial charge in [0.1, 0.15) is 24.3 Å². The number of aliphatic hydroxyl groups excluding tert-OH is 1. The summed E-state index contributed by atoms with van der Waals surface area (Å²) in [4.78, 5) is 13.7. The molecule has 174 valence electrons. The van der Waals surface area contributed by atoms with Gasteiger partial charge in [-0.1, -0.05) is 30.3 Å². The maximum atomic E-state index is 10.7. The Hall–Kier alpha value is -3.48. The smallest absolute Gasteiger partial charge is 0.133 e. The van der Waals surface area contributed by atoms with Gasteiger partial charge in [0.25, 0.3) is 0 Å². The van der Waals surface area contributed by atoms with E-state index in [1.54, 1.807) is 6.20 Å². The van der Waals surface area contributed by atoms with Gasteiger partial charge in [0, 0.05) is 49.1 Å². The van der Waals surface area contributed by atoms with Crippen LogP contribution in [0.5, 0.6) is 5.75 Å². The molecule has 6 heteroatoms. The summed E-state index contributed by atoms with van der Waals surface area (Å²) in [5.41, 5.74) is 2.06. The van der Waals surface area contributed by atoms with Crippen LogP contribution in [0.1, 0.15) is 12.8 Å². The summed E-state index contributed by atoms with van der Waals surface area (Å²) in [6, 6.07) is 26.6. The van der Waals surface area contributed by atoms with E-state index in [0.29, 0.717) is 12.6 Å². The number of β-amino-alcohol motifs (C(OH)–C–C–N with tert-alkyl or cyclic N) is 1. The maximum Gasteiger partial charge on any atom is 0.133 e. The number of rotatable bonds is 8. The van der Waals surface area contributed by atoms with E-state index in [1.165, 1.54) is 0 Å². The Morgan fingerprint density at radius 2 is 1.68 bits per heavy atom. The van der Waals surface area contributed by atoms with E-state index in [2.05, 4.69) is 50.1 Å². The van der Waals surface area contributed by atoms with E-state index < -0.39 is 6.10 Å². The van der Waals surface area contributed by atoms with Crippen LogP contribution in [0.15, 0.2) is 91.3 Å². The Kier molecular flexibility index (Phi) is 6.98. The molecule has 1 aliphatic rings. The molecule has 1 atom stereocenters. The number of aliphatic hydroxyl groups is 1. The number of piperidine rings is 1. The predicted molar refractivity (Wildman–Crippen MR) is 136 cm³/mol. The highest BCUT2D eigenvalue weighted by atomic mass is 16.5. The molecule has 5 rings (SSSR count). The third kappa shape index (κ3) is 5.19. The molecule has 0 spiro atoms. The minimum atomic E-state index is -0.551. The van der Waals surface area contributed by atoms with Crippen molar-refractivity contribution in [2.24, 2.45) is 0 Å². The molecule has 1 saturated heterocycles. The number of fused-ring (bicyclic) bond motifs is 1. The highest BCUT2D eigenvalue weighted by molar-refractivity contribution is 5.84. The van der Waals surface area contributed by atoms with Gasteiger partial charge >= 0.3 is 0 Å². The molecule has 0 aliphatic carbocycles. The first-order chi connectivity index (χ1) is 16.8. The predicted octanol–water partition coefficient (Wildman–Crippen LogP) is 4.67. The maximum absolute atomic E-state index is 10.7. The fraction of sp³-hybridized carbons (Fsp3) is 0.286. The molecule has 0 amide bonds. The molecule has 0 saturated carbocycles. The van der Waals surface area contributed by atoms with E-state index in [0.717, 1.165) is 54.1 Å². The Balaban J connectivity index is 1.17. The van der Waals surface area contributed by atoms with Crippen molar-refractivity contribution in [3.8, 4) is 5.75 Å². The largest absolute Gasteiger partial charge is 0.490 e. The van der Waals surface area contributed by atoms with Crippen LogP contribution in [0.3, 0.4) is 0 Å². The van der Waals surface area contributed by atoms with Crippen LogP contribution in [-0.4, -0.2) is 58.4 Å². The van der Waals surface area contributed by atoms with Gasteiger partial charge in [-0.2, -0.15) is 0 Å². The van der Waals surface area contributed by atoms with E-state index in [-0.39, 0.29) is 6.61 Å². The third-order valence-electron chi connectivity index (χ3n) is 6.36. The fourth-order valence-corrected chi connectivity index (χ4v) is 4.71. The lowest BCUT2D eigenvalue weighted by Crippen LogP contribution is -2.46. The van der Waals surface area contributed by atoms with E-state index in [9.17, 15) is 5.11 Å². The second kappa shape index (κ2) is 10.6. The zero-order chi connectivity index (χ0) is 23.2. The van der Waals surface area contributed by atoms with Crippen molar-refractivity contribution in [1.29, 1.82) is 0 Å². The van der Waals surface area contributed by atoms with Crippen LogP contribution >= 0.6 is 0 Å². The van der Waals surface area contributed by atoms with Gasteiger partial charge < -0.3 is 19.6 Å². The second-order valence-electron chi connectivity index (χ2n) is 8.72. The summed E-state index contributed by atoms with van der Waals surface area (Å²) >= 11 is 0. The molecular formula is C28H30N4O2. The lowest BCUT2D eigenvalue weighted by molar-refractivity contribution is 0.0601. The number of benzene rings is 2. The van der Waals surface area contributed by atoms with Gasteiger partial charge in [-0.05, 0) is 61.4 Å². The highest BCUT2D eigenvalue weighted by Gasteiger charge is 2.27. The van der Waals surface area contributed by atoms with E-state index >= 15 is 0 Å². The number of hydrogen-bond donors (Lipinski definition) is 1. The van der Waals surface area contributed by atoms with Crippen molar-refractivity contribution in [2.75, 3.05) is 31.1 Å². The molecular weight excluding hydrogens is 424 g/mol. The first-order valence-electron chi connectivity index (χ1n) is 11.9. The summed E-state index contributed by atoms with van der Waals surface area (Å²) in [5, 5.41) is 11.6. The molecule has 3 heterocycles. The molecule has 34 heavy (non-hydrogen) atoms.